The summed E-state index contributed by atoms with van der Waals surface area (Å²) in [5, 5.41) is 0. The van der Waals surface area contributed by atoms with Gasteiger partial charge in [0.15, 0.2) is 0 Å². The van der Waals surface area contributed by atoms with Crippen LogP contribution in [0.3, 0.4) is 0 Å². The maximum atomic E-state index is 12.4. The summed E-state index contributed by atoms with van der Waals surface area (Å²) in [6.45, 7) is 4.48. The summed E-state index contributed by atoms with van der Waals surface area (Å²) in [7, 11) is 0. The van der Waals surface area contributed by atoms with Crippen molar-refractivity contribution in [2.75, 3.05) is 0 Å². The number of carbonyl (C=O) groups is 1. The van der Waals surface area contributed by atoms with E-state index in [-0.39, 0.29) is 0 Å². The molecule has 0 spiro atoms. The summed E-state index contributed by atoms with van der Waals surface area (Å²) in [6, 6.07) is 9.35. The topological polar surface area (TPSA) is 17.1 Å². The SMILES string of the molecule is CCCCCCC(=O)C1CCC(c2ccc(CCCCC)cc2)CC1. The van der Waals surface area contributed by atoms with Crippen LogP contribution in [0, 0.1) is 5.92 Å². The summed E-state index contributed by atoms with van der Waals surface area (Å²) < 4.78 is 0. The first-order chi connectivity index (χ1) is 12.2. The van der Waals surface area contributed by atoms with Gasteiger partial charge in [-0.25, -0.2) is 0 Å². The Morgan fingerprint density at radius 2 is 1.48 bits per heavy atom. The zero-order valence-corrected chi connectivity index (χ0v) is 16.6. The molecule has 1 saturated carbocycles. The highest BCUT2D eigenvalue weighted by atomic mass is 16.1. The Labute approximate surface area is 155 Å². The van der Waals surface area contributed by atoms with Gasteiger partial charge in [0, 0.05) is 12.3 Å². The van der Waals surface area contributed by atoms with Crippen molar-refractivity contribution in [3.8, 4) is 0 Å². The lowest BCUT2D eigenvalue weighted by atomic mass is 9.76. The van der Waals surface area contributed by atoms with Crippen LogP contribution < -0.4 is 0 Å². The second-order valence-electron chi connectivity index (χ2n) is 8.02. The molecule has 1 aliphatic carbocycles. The van der Waals surface area contributed by atoms with Crippen molar-refractivity contribution in [2.24, 2.45) is 5.92 Å². The molecule has 0 aliphatic heterocycles. The van der Waals surface area contributed by atoms with E-state index in [0.717, 1.165) is 25.7 Å². The lowest BCUT2D eigenvalue weighted by Crippen LogP contribution is -2.21. The third kappa shape index (κ3) is 6.96. The van der Waals surface area contributed by atoms with E-state index in [9.17, 15) is 4.79 Å². The van der Waals surface area contributed by atoms with E-state index in [4.69, 9.17) is 0 Å². The van der Waals surface area contributed by atoms with Gasteiger partial charge in [0.25, 0.3) is 0 Å². The molecule has 2 rings (SSSR count). The van der Waals surface area contributed by atoms with Crippen LogP contribution >= 0.6 is 0 Å². The third-order valence-electron chi connectivity index (χ3n) is 5.98. The normalized spacial score (nSPS) is 20.6. The molecule has 25 heavy (non-hydrogen) atoms. The molecule has 0 unspecified atom stereocenters. The van der Waals surface area contributed by atoms with Gasteiger partial charge in [-0.2, -0.15) is 0 Å². The first-order valence-electron chi connectivity index (χ1n) is 10.9. The van der Waals surface area contributed by atoms with Crippen LogP contribution in [0.1, 0.15) is 108 Å². The van der Waals surface area contributed by atoms with E-state index >= 15 is 0 Å². The van der Waals surface area contributed by atoms with Crippen molar-refractivity contribution in [1.82, 2.24) is 0 Å². The van der Waals surface area contributed by atoms with Gasteiger partial charge >= 0.3 is 0 Å². The maximum absolute atomic E-state index is 12.4. The Hall–Kier alpha value is -1.11. The predicted molar refractivity (Wildman–Crippen MR) is 108 cm³/mol. The lowest BCUT2D eigenvalue weighted by molar-refractivity contribution is -0.124. The van der Waals surface area contributed by atoms with Crippen LogP contribution in [-0.4, -0.2) is 5.78 Å². The van der Waals surface area contributed by atoms with E-state index in [1.807, 2.05) is 0 Å². The zero-order valence-electron chi connectivity index (χ0n) is 16.6. The van der Waals surface area contributed by atoms with Crippen molar-refractivity contribution < 1.29 is 4.79 Å². The first kappa shape index (κ1) is 20.2. The fourth-order valence-corrected chi connectivity index (χ4v) is 4.21. The highest BCUT2D eigenvalue weighted by Crippen LogP contribution is 2.36. The molecule has 140 valence electrons. The number of hydrogen-bond donors (Lipinski definition) is 0. The van der Waals surface area contributed by atoms with E-state index in [1.165, 1.54) is 68.9 Å². The zero-order chi connectivity index (χ0) is 17.9. The van der Waals surface area contributed by atoms with Crippen molar-refractivity contribution in [3.63, 3.8) is 0 Å². The molecule has 1 heteroatoms. The molecule has 0 atom stereocenters. The van der Waals surface area contributed by atoms with E-state index < -0.39 is 0 Å². The minimum atomic E-state index is 0.353. The van der Waals surface area contributed by atoms with Gasteiger partial charge in [-0.1, -0.05) is 70.2 Å². The molecule has 0 radical (unpaired) electrons. The summed E-state index contributed by atoms with van der Waals surface area (Å²) in [6.07, 6.45) is 15.4. The molecular formula is C24H38O. The van der Waals surface area contributed by atoms with Crippen molar-refractivity contribution in [1.29, 1.82) is 0 Å². The number of hydrogen-bond acceptors (Lipinski definition) is 1. The second kappa shape index (κ2) is 11.5. The number of carbonyl (C=O) groups excluding carboxylic acids is 1. The molecule has 1 aromatic rings. The van der Waals surface area contributed by atoms with Crippen LogP contribution in [0.2, 0.25) is 0 Å². The fraction of sp³-hybridized carbons (Fsp3) is 0.708. The summed E-state index contributed by atoms with van der Waals surface area (Å²) >= 11 is 0. The fourth-order valence-electron chi connectivity index (χ4n) is 4.21. The van der Waals surface area contributed by atoms with Crippen molar-refractivity contribution >= 4 is 5.78 Å². The van der Waals surface area contributed by atoms with E-state index in [2.05, 4.69) is 38.1 Å². The van der Waals surface area contributed by atoms with Crippen molar-refractivity contribution in [2.45, 2.75) is 103 Å². The van der Waals surface area contributed by atoms with Crippen LogP contribution in [0.5, 0.6) is 0 Å². The summed E-state index contributed by atoms with van der Waals surface area (Å²) in [5.74, 6) is 1.57. The van der Waals surface area contributed by atoms with E-state index in [0.29, 0.717) is 17.6 Å². The predicted octanol–water partition coefficient (Wildman–Crippen LogP) is 7.23. The average molecular weight is 343 g/mol. The minimum absolute atomic E-state index is 0.353. The highest BCUT2D eigenvalue weighted by molar-refractivity contribution is 5.81. The van der Waals surface area contributed by atoms with E-state index in [1.54, 1.807) is 0 Å². The van der Waals surface area contributed by atoms with Crippen LogP contribution in [0.15, 0.2) is 24.3 Å². The summed E-state index contributed by atoms with van der Waals surface area (Å²) in [4.78, 5) is 12.4. The molecule has 1 nitrogen and oxygen atoms in total. The molecule has 1 fully saturated rings. The van der Waals surface area contributed by atoms with Gasteiger partial charge in [-0.3, -0.25) is 4.79 Å². The molecule has 0 amide bonds. The second-order valence-corrected chi connectivity index (χ2v) is 8.02. The Morgan fingerprint density at radius 3 is 2.12 bits per heavy atom. The Kier molecular flexibility index (Phi) is 9.29. The Bertz CT molecular complexity index is 479. The van der Waals surface area contributed by atoms with Gasteiger partial charge in [-0.15, -0.1) is 0 Å². The first-order valence-corrected chi connectivity index (χ1v) is 10.9. The number of Topliss-reactive ketones (excluding diaryl/α,β-unsaturated/α-hetero) is 1. The Morgan fingerprint density at radius 1 is 0.840 bits per heavy atom. The quantitative estimate of drug-likeness (QED) is 0.387. The van der Waals surface area contributed by atoms with Gasteiger partial charge in [-0.05, 0) is 62.0 Å². The molecular weight excluding hydrogens is 304 g/mol. The largest absolute Gasteiger partial charge is 0.299 e. The van der Waals surface area contributed by atoms with Crippen LogP contribution in [-0.2, 0) is 11.2 Å². The number of ketones is 1. The minimum Gasteiger partial charge on any atom is -0.299 e. The van der Waals surface area contributed by atoms with Crippen LogP contribution in [0.25, 0.3) is 0 Å². The molecule has 0 saturated heterocycles. The van der Waals surface area contributed by atoms with Gasteiger partial charge in [0.05, 0.1) is 0 Å². The third-order valence-corrected chi connectivity index (χ3v) is 5.98. The van der Waals surface area contributed by atoms with Gasteiger partial charge < -0.3 is 0 Å². The standard InChI is InChI=1S/C24H38O/c1-3-5-7-9-11-24(25)23-18-16-22(17-19-23)21-14-12-20(13-15-21)10-8-6-4-2/h12-15,22-23H,3-11,16-19H2,1-2H3. The number of unbranched alkanes of at least 4 members (excludes halogenated alkanes) is 5. The summed E-state index contributed by atoms with van der Waals surface area (Å²) in [5.41, 5.74) is 2.97. The monoisotopic (exact) mass is 342 g/mol. The number of rotatable bonds is 11. The van der Waals surface area contributed by atoms with Gasteiger partial charge in [0.2, 0.25) is 0 Å². The van der Waals surface area contributed by atoms with Gasteiger partial charge in [0.1, 0.15) is 5.78 Å². The maximum Gasteiger partial charge on any atom is 0.135 e. The smallest absolute Gasteiger partial charge is 0.135 e. The molecule has 0 heterocycles. The molecule has 0 aromatic heterocycles. The Balaban J connectivity index is 1.73. The molecule has 1 aromatic carbocycles. The molecule has 0 bridgehead atoms. The average Bonchev–Trinajstić information content (AvgIpc) is 2.66. The molecule has 0 N–H and O–H groups in total. The van der Waals surface area contributed by atoms with Crippen molar-refractivity contribution in [3.05, 3.63) is 35.4 Å². The van der Waals surface area contributed by atoms with Crippen LogP contribution in [0.4, 0.5) is 0 Å². The lowest BCUT2D eigenvalue weighted by Gasteiger charge is -2.28. The highest BCUT2D eigenvalue weighted by Gasteiger charge is 2.26. The molecule has 1 aliphatic rings. The number of aryl methyl sites for hydroxylation is 1. The number of benzene rings is 1.